The van der Waals surface area contributed by atoms with Crippen molar-refractivity contribution in [2.75, 3.05) is 6.54 Å². The summed E-state index contributed by atoms with van der Waals surface area (Å²) in [6.07, 6.45) is 0. The molecule has 144 valence electrons. The minimum Gasteiger partial charge on any atom is -0.351 e. The smallest absolute Gasteiger partial charge is 0.351 e. The summed E-state index contributed by atoms with van der Waals surface area (Å²) in [6, 6.07) is 14.7. The molecule has 7 heteroatoms. The van der Waals surface area contributed by atoms with Crippen molar-refractivity contribution in [3.8, 4) is 5.69 Å². The topological polar surface area (TPSA) is 86.0 Å². The zero-order valence-electron chi connectivity index (χ0n) is 16.1. The van der Waals surface area contributed by atoms with Crippen LogP contribution in [0.2, 0.25) is 0 Å². The van der Waals surface area contributed by atoms with E-state index in [1.807, 2.05) is 44.2 Å². The van der Waals surface area contributed by atoms with Crippen LogP contribution in [0.1, 0.15) is 34.1 Å². The zero-order chi connectivity index (χ0) is 20.3. The maximum absolute atomic E-state index is 13.1. The summed E-state index contributed by atoms with van der Waals surface area (Å²) in [5, 5.41) is 6.66. The van der Waals surface area contributed by atoms with Gasteiger partial charge in [-0.2, -0.15) is 9.78 Å². The first-order chi connectivity index (χ1) is 13.4. The maximum atomic E-state index is 13.1. The molecule has 1 amide bonds. The van der Waals surface area contributed by atoms with Gasteiger partial charge in [-0.25, -0.2) is 4.79 Å². The van der Waals surface area contributed by atoms with Crippen LogP contribution in [0.15, 0.2) is 58.1 Å². The number of nitrogens with zero attached hydrogens (tertiary/aromatic N) is 3. The van der Waals surface area contributed by atoms with Crippen LogP contribution in [0.25, 0.3) is 5.69 Å². The Bertz CT molecular complexity index is 1140. The van der Waals surface area contributed by atoms with Gasteiger partial charge in [-0.05, 0) is 44.0 Å². The van der Waals surface area contributed by atoms with Gasteiger partial charge in [-0.3, -0.25) is 14.2 Å². The highest BCUT2D eigenvalue weighted by Crippen LogP contribution is 2.08. The molecule has 1 aromatic heterocycles. The average Bonchev–Trinajstić information content (AvgIpc) is 2.65. The molecule has 0 bridgehead atoms. The molecule has 0 aliphatic rings. The van der Waals surface area contributed by atoms with E-state index in [1.54, 1.807) is 25.1 Å². The quantitative estimate of drug-likeness (QED) is 0.734. The van der Waals surface area contributed by atoms with Crippen molar-refractivity contribution in [1.29, 1.82) is 0 Å². The third-order valence-electron chi connectivity index (χ3n) is 4.28. The number of rotatable bonds is 5. The third kappa shape index (κ3) is 3.93. The number of carbonyl (C=O) groups excluding carboxylic acids is 1. The molecule has 3 rings (SSSR count). The molecule has 0 unspecified atom stereocenters. The average molecular weight is 378 g/mol. The first kappa shape index (κ1) is 19.3. The SMILES string of the molecule is CCNC(=O)c1nn(-c2cccc(C)c2)c(=O)n(Cc2cccc(C)c2)c1=O. The van der Waals surface area contributed by atoms with Crippen LogP contribution in [0.4, 0.5) is 0 Å². The molecule has 0 saturated carbocycles. The van der Waals surface area contributed by atoms with Gasteiger partial charge >= 0.3 is 5.69 Å². The van der Waals surface area contributed by atoms with E-state index >= 15 is 0 Å². The van der Waals surface area contributed by atoms with Crippen molar-refractivity contribution in [1.82, 2.24) is 19.7 Å². The van der Waals surface area contributed by atoms with Gasteiger partial charge in [0.2, 0.25) is 5.69 Å². The fraction of sp³-hybridized carbons (Fsp3) is 0.238. The van der Waals surface area contributed by atoms with Crippen LogP contribution in [0.3, 0.4) is 0 Å². The number of hydrogen-bond donors (Lipinski definition) is 1. The molecule has 0 aliphatic carbocycles. The highest BCUT2D eigenvalue weighted by Gasteiger charge is 2.20. The summed E-state index contributed by atoms with van der Waals surface area (Å²) in [5.41, 5.74) is 1.63. The van der Waals surface area contributed by atoms with Crippen molar-refractivity contribution in [2.45, 2.75) is 27.3 Å². The lowest BCUT2D eigenvalue weighted by Crippen LogP contribution is -2.46. The second-order valence-corrected chi connectivity index (χ2v) is 6.62. The van der Waals surface area contributed by atoms with Crippen LogP contribution >= 0.6 is 0 Å². The van der Waals surface area contributed by atoms with Crippen molar-refractivity contribution in [3.05, 3.63) is 91.8 Å². The van der Waals surface area contributed by atoms with Gasteiger partial charge in [0.1, 0.15) is 0 Å². The predicted octanol–water partition coefficient (Wildman–Crippen LogP) is 1.81. The number of hydrogen-bond acceptors (Lipinski definition) is 4. The van der Waals surface area contributed by atoms with E-state index in [0.717, 1.165) is 25.9 Å². The Balaban J connectivity index is 2.23. The molecular formula is C21H22N4O3. The summed E-state index contributed by atoms with van der Waals surface area (Å²) in [4.78, 5) is 38.3. The van der Waals surface area contributed by atoms with Crippen LogP contribution in [0, 0.1) is 13.8 Å². The second-order valence-electron chi connectivity index (χ2n) is 6.62. The molecule has 28 heavy (non-hydrogen) atoms. The molecular weight excluding hydrogens is 356 g/mol. The molecule has 7 nitrogen and oxygen atoms in total. The largest absolute Gasteiger partial charge is 0.352 e. The highest BCUT2D eigenvalue weighted by molar-refractivity contribution is 5.91. The normalized spacial score (nSPS) is 10.7. The number of aryl methyl sites for hydroxylation is 2. The van der Waals surface area contributed by atoms with Crippen molar-refractivity contribution in [3.63, 3.8) is 0 Å². The molecule has 3 aromatic rings. The lowest BCUT2D eigenvalue weighted by molar-refractivity contribution is 0.0946. The summed E-state index contributed by atoms with van der Waals surface area (Å²) < 4.78 is 2.16. The molecule has 0 fully saturated rings. The number of benzene rings is 2. The Morgan fingerprint density at radius 3 is 2.36 bits per heavy atom. The van der Waals surface area contributed by atoms with Gasteiger partial charge in [-0.15, -0.1) is 0 Å². The number of carbonyl (C=O) groups is 1. The number of aromatic nitrogens is 3. The van der Waals surface area contributed by atoms with E-state index < -0.39 is 17.2 Å². The van der Waals surface area contributed by atoms with Crippen LogP contribution < -0.4 is 16.6 Å². The Kier molecular flexibility index (Phi) is 5.54. The van der Waals surface area contributed by atoms with Gasteiger partial charge < -0.3 is 5.32 Å². The Hall–Kier alpha value is -3.48. The predicted molar refractivity (Wildman–Crippen MR) is 107 cm³/mol. The standard InChI is InChI=1S/C21H22N4O3/c1-4-22-19(26)18-20(27)24(13-16-9-5-7-14(2)11-16)21(28)25(23-18)17-10-6-8-15(3)12-17/h5-12H,4,13H2,1-3H3,(H,22,26). The van der Waals surface area contributed by atoms with Gasteiger partial charge in [0.05, 0.1) is 12.2 Å². The molecule has 0 saturated heterocycles. The van der Waals surface area contributed by atoms with Crippen LogP contribution in [-0.4, -0.2) is 26.8 Å². The number of nitrogens with one attached hydrogen (secondary N) is 1. The lowest BCUT2D eigenvalue weighted by Gasteiger charge is -2.12. The van der Waals surface area contributed by atoms with E-state index in [9.17, 15) is 14.4 Å². The van der Waals surface area contributed by atoms with E-state index in [2.05, 4.69) is 10.4 Å². The minimum atomic E-state index is -0.707. The third-order valence-corrected chi connectivity index (χ3v) is 4.28. The minimum absolute atomic E-state index is 0.0556. The molecule has 1 heterocycles. The lowest BCUT2D eigenvalue weighted by atomic mass is 10.1. The molecule has 1 N–H and O–H groups in total. The van der Waals surface area contributed by atoms with Gasteiger partial charge in [-0.1, -0.05) is 42.0 Å². The molecule has 0 spiro atoms. The van der Waals surface area contributed by atoms with E-state index in [-0.39, 0.29) is 12.2 Å². The van der Waals surface area contributed by atoms with Crippen LogP contribution in [-0.2, 0) is 6.54 Å². The fourth-order valence-electron chi connectivity index (χ4n) is 2.96. The van der Waals surface area contributed by atoms with Crippen LogP contribution in [0.5, 0.6) is 0 Å². The maximum Gasteiger partial charge on any atom is 0.352 e. The monoisotopic (exact) mass is 378 g/mol. The molecule has 0 radical (unpaired) electrons. The molecule has 0 atom stereocenters. The highest BCUT2D eigenvalue weighted by atomic mass is 16.2. The summed E-state index contributed by atoms with van der Waals surface area (Å²) >= 11 is 0. The van der Waals surface area contributed by atoms with E-state index in [1.165, 1.54) is 0 Å². The van der Waals surface area contributed by atoms with Crippen molar-refractivity contribution < 1.29 is 4.79 Å². The van der Waals surface area contributed by atoms with Gasteiger partial charge in [0.15, 0.2) is 0 Å². The Morgan fingerprint density at radius 1 is 1.04 bits per heavy atom. The fourth-order valence-corrected chi connectivity index (χ4v) is 2.96. The first-order valence-corrected chi connectivity index (χ1v) is 9.05. The Morgan fingerprint density at radius 2 is 1.71 bits per heavy atom. The van der Waals surface area contributed by atoms with Crippen molar-refractivity contribution >= 4 is 5.91 Å². The summed E-state index contributed by atoms with van der Waals surface area (Å²) in [7, 11) is 0. The molecule has 2 aromatic carbocycles. The Labute approximate surface area is 162 Å². The van der Waals surface area contributed by atoms with Gasteiger partial charge in [0, 0.05) is 6.54 Å². The van der Waals surface area contributed by atoms with Gasteiger partial charge in [0.25, 0.3) is 11.5 Å². The first-order valence-electron chi connectivity index (χ1n) is 9.05. The zero-order valence-corrected chi connectivity index (χ0v) is 16.1. The summed E-state index contributed by atoms with van der Waals surface area (Å²) in [5.74, 6) is -0.605. The van der Waals surface area contributed by atoms with E-state index in [0.29, 0.717) is 12.2 Å². The van der Waals surface area contributed by atoms with Crippen molar-refractivity contribution in [2.24, 2.45) is 0 Å². The molecule has 0 aliphatic heterocycles. The number of amides is 1. The summed E-state index contributed by atoms with van der Waals surface area (Å²) in [6.45, 7) is 5.98. The van der Waals surface area contributed by atoms with E-state index in [4.69, 9.17) is 0 Å². The second kappa shape index (κ2) is 8.04.